The van der Waals surface area contributed by atoms with Gasteiger partial charge in [0.15, 0.2) is 0 Å². The molecule has 1 saturated heterocycles. The summed E-state index contributed by atoms with van der Waals surface area (Å²) in [4.78, 5) is 0. The van der Waals surface area contributed by atoms with Crippen LogP contribution in [0.5, 0.6) is 5.75 Å². The van der Waals surface area contributed by atoms with Crippen molar-refractivity contribution in [3.05, 3.63) is 28.8 Å². The lowest BCUT2D eigenvalue weighted by atomic mass is 9.94. The van der Waals surface area contributed by atoms with Crippen LogP contribution in [0.2, 0.25) is 0 Å². The maximum Gasteiger partial charge on any atom is 0.137 e. The number of piperidine rings is 1. The highest BCUT2D eigenvalue weighted by Crippen LogP contribution is 2.36. The third-order valence-corrected chi connectivity index (χ3v) is 3.58. The van der Waals surface area contributed by atoms with E-state index >= 15 is 0 Å². The summed E-state index contributed by atoms with van der Waals surface area (Å²) in [6.45, 7) is 1.28. The van der Waals surface area contributed by atoms with Gasteiger partial charge in [-0.25, -0.2) is 8.78 Å². The van der Waals surface area contributed by atoms with Crippen LogP contribution in [-0.2, 0) is 6.42 Å². The predicted octanol–water partition coefficient (Wildman–Crippen LogP) is 2.71. The smallest absolute Gasteiger partial charge is 0.137 e. The number of ether oxygens (including phenoxy) is 1. The number of fused-ring (bicyclic) bond motifs is 1. The van der Waals surface area contributed by atoms with Gasteiger partial charge >= 0.3 is 0 Å². The van der Waals surface area contributed by atoms with Gasteiger partial charge in [0.2, 0.25) is 0 Å². The molecular weight excluding hydrogens is 224 g/mol. The summed E-state index contributed by atoms with van der Waals surface area (Å²) in [5.74, 6) is -0.515. The van der Waals surface area contributed by atoms with E-state index in [-0.39, 0.29) is 11.6 Å². The van der Waals surface area contributed by atoms with E-state index in [0.29, 0.717) is 24.3 Å². The van der Waals surface area contributed by atoms with Crippen LogP contribution in [0, 0.1) is 11.6 Å². The van der Waals surface area contributed by atoms with Gasteiger partial charge < -0.3 is 10.1 Å². The fourth-order valence-corrected chi connectivity index (χ4v) is 2.70. The van der Waals surface area contributed by atoms with Gasteiger partial charge in [0, 0.05) is 29.7 Å². The molecule has 2 aliphatic rings. The van der Waals surface area contributed by atoms with Crippen molar-refractivity contribution in [3.63, 3.8) is 0 Å². The third-order valence-electron chi connectivity index (χ3n) is 3.58. The summed E-state index contributed by atoms with van der Waals surface area (Å²) in [5.41, 5.74) is 0.739. The Labute approximate surface area is 99.0 Å². The fourth-order valence-electron chi connectivity index (χ4n) is 2.70. The SMILES string of the molecule is Fc1cc2c(c(F)c1C1CCCCN1)CCO2. The molecule has 0 radical (unpaired) electrons. The number of benzene rings is 1. The zero-order chi connectivity index (χ0) is 11.8. The maximum absolute atomic E-state index is 14.3. The van der Waals surface area contributed by atoms with E-state index in [4.69, 9.17) is 4.74 Å². The molecule has 2 heterocycles. The minimum Gasteiger partial charge on any atom is -0.493 e. The molecule has 1 unspecified atom stereocenters. The molecular formula is C13H15F2NO. The Morgan fingerprint density at radius 3 is 2.94 bits per heavy atom. The van der Waals surface area contributed by atoms with E-state index in [2.05, 4.69) is 5.32 Å². The summed E-state index contributed by atoms with van der Waals surface area (Å²) < 4.78 is 33.4. The topological polar surface area (TPSA) is 21.3 Å². The van der Waals surface area contributed by atoms with Crippen molar-refractivity contribution < 1.29 is 13.5 Å². The molecule has 1 aromatic rings. The molecule has 0 bridgehead atoms. The number of rotatable bonds is 1. The molecule has 92 valence electrons. The lowest BCUT2D eigenvalue weighted by Crippen LogP contribution is -2.28. The summed E-state index contributed by atoms with van der Waals surface area (Å²) in [5, 5.41) is 3.19. The van der Waals surface area contributed by atoms with E-state index in [1.165, 1.54) is 6.07 Å². The van der Waals surface area contributed by atoms with Gasteiger partial charge in [0.1, 0.15) is 17.4 Å². The minimum atomic E-state index is -0.484. The Bertz CT molecular complexity index is 442. The van der Waals surface area contributed by atoms with E-state index < -0.39 is 11.6 Å². The van der Waals surface area contributed by atoms with Crippen LogP contribution in [-0.4, -0.2) is 13.2 Å². The first-order valence-electron chi connectivity index (χ1n) is 6.14. The van der Waals surface area contributed by atoms with Crippen LogP contribution in [0.3, 0.4) is 0 Å². The highest BCUT2D eigenvalue weighted by Gasteiger charge is 2.28. The number of nitrogens with one attached hydrogen (secondary N) is 1. The molecule has 0 aromatic heterocycles. The van der Waals surface area contributed by atoms with Crippen LogP contribution >= 0.6 is 0 Å². The molecule has 1 atom stereocenters. The summed E-state index contributed by atoms with van der Waals surface area (Å²) >= 11 is 0. The first-order chi connectivity index (χ1) is 8.27. The van der Waals surface area contributed by atoms with Gasteiger partial charge in [-0.15, -0.1) is 0 Å². The zero-order valence-electron chi connectivity index (χ0n) is 9.56. The fraction of sp³-hybridized carbons (Fsp3) is 0.538. The second-order valence-corrected chi connectivity index (χ2v) is 4.66. The Morgan fingerprint density at radius 2 is 2.18 bits per heavy atom. The van der Waals surface area contributed by atoms with Gasteiger partial charge in [-0.2, -0.15) is 0 Å². The first-order valence-corrected chi connectivity index (χ1v) is 6.14. The van der Waals surface area contributed by atoms with Crippen LogP contribution < -0.4 is 10.1 Å². The van der Waals surface area contributed by atoms with Gasteiger partial charge in [0.05, 0.1) is 6.61 Å². The molecule has 1 fully saturated rings. The highest BCUT2D eigenvalue weighted by atomic mass is 19.1. The molecule has 0 saturated carbocycles. The Hall–Kier alpha value is -1.16. The van der Waals surface area contributed by atoms with Crippen molar-refractivity contribution in [2.75, 3.05) is 13.2 Å². The van der Waals surface area contributed by atoms with Gasteiger partial charge in [-0.3, -0.25) is 0 Å². The lowest BCUT2D eigenvalue weighted by molar-refractivity contribution is 0.353. The quantitative estimate of drug-likeness (QED) is 0.813. The standard InChI is InChI=1S/C13H15F2NO/c14-9-7-11-8(4-6-17-11)13(15)12(9)10-3-1-2-5-16-10/h7,10,16H,1-6H2. The van der Waals surface area contributed by atoms with E-state index in [0.717, 1.165) is 25.8 Å². The Balaban J connectivity index is 2.03. The highest BCUT2D eigenvalue weighted by molar-refractivity contribution is 5.43. The van der Waals surface area contributed by atoms with Crippen molar-refractivity contribution in [1.82, 2.24) is 5.32 Å². The van der Waals surface area contributed by atoms with Crippen LogP contribution in [0.1, 0.15) is 36.4 Å². The van der Waals surface area contributed by atoms with Crippen molar-refractivity contribution in [1.29, 1.82) is 0 Å². The molecule has 0 amide bonds. The van der Waals surface area contributed by atoms with Crippen molar-refractivity contribution in [2.24, 2.45) is 0 Å². The molecule has 4 heteroatoms. The predicted molar refractivity (Wildman–Crippen MR) is 60.2 cm³/mol. The molecule has 17 heavy (non-hydrogen) atoms. The minimum absolute atomic E-state index is 0.186. The molecule has 3 rings (SSSR count). The van der Waals surface area contributed by atoms with Gasteiger partial charge in [-0.05, 0) is 19.4 Å². The van der Waals surface area contributed by atoms with Crippen molar-refractivity contribution >= 4 is 0 Å². The largest absolute Gasteiger partial charge is 0.493 e. The average Bonchev–Trinajstić information content (AvgIpc) is 2.78. The number of hydrogen-bond donors (Lipinski definition) is 1. The molecule has 0 aliphatic carbocycles. The van der Waals surface area contributed by atoms with Crippen LogP contribution in [0.25, 0.3) is 0 Å². The number of hydrogen-bond acceptors (Lipinski definition) is 2. The molecule has 1 aromatic carbocycles. The van der Waals surface area contributed by atoms with E-state index in [9.17, 15) is 8.78 Å². The van der Waals surface area contributed by atoms with Gasteiger partial charge in [-0.1, -0.05) is 6.42 Å². The number of halogens is 2. The molecule has 2 aliphatic heterocycles. The molecule has 1 N–H and O–H groups in total. The zero-order valence-corrected chi connectivity index (χ0v) is 9.56. The first kappa shape index (κ1) is 11.0. The molecule has 2 nitrogen and oxygen atoms in total. The van der Waals surface area contributed by atoms with Crippen molar-refractivity contribution in [3.8, 4) is 5.75 Å². The van der Waals surface area contributed by atoms with E-state index in [1.807, 2.05) is 0 Å². The third kappa shape index (κ3) is 1.80. The second kappa shape index (κ2) is 4.26. The Kier molecular flexibility index (Phi) is 2.74. The normalized spacial score (nSPS) is 23.3. The molecule has 0 spiro atoms. The van der Waals surface area contributed by atoms with Crippen molar-refractivity contribution in [2.45, 2.75) is 31.7 Å². The Morgan fingerprint density at radius 1 is 1.29 bits per heavy atom. The monoisotopic (exact) mass is 239 g/mol. The summed E-state index contributed by atoms with van der Waals surface area (Å²) in [7, 11) is 0. The maximum atomic E-state index is 14.3. The van der Waals surface area contributed by atoms with Gasteiger partial charge in [0.25, 0.3) is 0 Å². The van der Waals surface area contributed by atoms with E-state index in [1.54, 1.807) is 0 Å². The van der Waals surface area contributed by atoms with Crippen LogP contribution in [0.4, 0.5) is 8.78 Å². The summed E-state index contributed by atoms with van der Waals surface area (Å²) in [6.07, 6.45) is 3.44. The lowest BCUT2D eigenvalue weighted by Gasteiger charge is -2.25. The van der Waals surface area contributed by atoms with Crippen LogP contribution in [0.15, 0.2) is 6.07 Å². The average molecular weight is 239 g/mol. The summed E-state index contributed by atoms with van der Waals surface area (Å²) in [6, 6.07) is 1.14. The second-order valence-electron chi connectivity index (χ2n) is 4.66.